The molecule has 2 aromatic rings. The van der Waals surface area contributed by atoms with Crippen LogP contribution in [0.1, 0.15) is 59.4 Å². The number of aromatic nitrogens is 2. The maximum absolute atomic E-state index is 10.6. The van der Waals surface area contributed by atoms with Crippen LogP contribution < -0.4 is 5.32 Å². The van der Waals surface area contributed by atoms with Crippen LogP contribution in [-0.2, 0) is 0 Å². The van der Waals surface area contributed by atoms with Crippen molar-refractivity contribution in [1.82, 2.24) is 20.2 Å². The molecule has 0 atom stereocenters. The zero-order valence-corrected chi connectivity index (χ0v) is 20.7. The molecule has 0 aliphatic carbocycles. The number of phenolic OH excluding ortho intramolecular Hbond substituents is 1. The molecule has 2 N–H and O–H groups in total. The predicted molar refractivity (Wildman–Crippen MR) is 138 cm³/mol. The van der Waals surface area contributed by atoms with E-state index in [-0.39, 0.29) is 5.75 Å². The van der Waals surface area contributed by atoms with Gasteiger partial charge < -0.3 is 15.3 Å². The summed E-state index contributed by atoms with van der Waals surface area (Å²) in [6.45, 7) is 14.2. The molecular formula is C26H38N6O. The molecule has 0 spiro atoms. The minimum absolute atomic E-state index is 0.149. The Labute approximate surface area is 198 Å². The second-order valence-electron chi connectivity index (χ2n) is 7.58. The highest BCUT2D eigenvalue weighted by Crippen LogP contribution is 2.27. The van der Waals surface area contributed by atoms with E-state index >= 15 is 0 Å². The summed E-state index contributed by atoms with van der Waals surface area (Å²) < 4.78 is 0. The predicted octanol–water partition coefficient (Wildman–Crippen LogP) is 5.04. The lowest BCUT2D eigenvalue weighted by molar-refractivity contribution is 0.352. The molecule has 7 nitrogen and oxygen atoms in total. The summed E-state index contributed by atoms with van der Waals surface area (Å²) in [6.07, 6.45) is 8.38. The third kappa shape index (κ3) is 7.49. The van der Waals surface area contributed by atoms with Gasteiger partial charge in [-0.15, -0.1) is 10.2 Å². The van der Waals surface area contributed by atoms with Crippen molar-refractivity contribution in [3.8, 4) is 17.1 Å². The third-order valence-electron chi connectivity index (χ3n) is 5.03. The van der Waals surface area contributed by atoms with E-state index in [0.29, 0.717) is 17.1 Å². The van der Waals surface area contributed by atoms with Crippen LogP contribution in [0, 0.1) is 0 Å². The number of allylic oxidation sites excluding steroid dienone is 1. The Kier molecular flexibility index (Phi) is 11.2. The Bertz CT molecular complexity index is 947. The number of nitrogens with zero attached hydrogens (tertiary/aromatic N) is 5. The minimum Gasteiger partial charge on any atom is -0.507 e. The molecule has 1 aromatic carbocycles. The zero-order chi connectivity index (χ0) is 24.1. The second kappa shape index (κ2) is 14.2. The van der Waals surface area contributed by atoms with Crippen molar-refractivity contribution in [2.75, 3.05) is 26.2 Å². The van der Waals surface area contributed by atoms with Crippen molar-refractivity contribution in [1.29, 1.82) is 0 Å². The Hall–Kier alpha value is -3.06. The van der Waals surface area contributed by atoms with Gasteiger partial charge in [0, 0.05) is 56.1 Å². The molecule has 0 unspecified atom stereocenters. The molecule has 0 radical (unpaired) electrons. The number of piperazine rings is 1. The first-order chi connectivity index (χ1) is 16.2. The van der Waals surface area contributed by atoms with Crippen LogP contribution >= 0.6 is 0 Å². The summed E-state index contributed by atoms with van der Waals surface area (Å²) >= 11 is 0. The molecule has 1 aromatic heterocycles. The van der Waals surface area contributed by atoms with Crippen molar-refractivity contribution in [3.63, 3.8) is 0 Å². The van der Waals surface area contributed by atoms with Gasteiger partial charge in [-0.3, -0.25) is 0 Å². The molecule has 33 heavy (non-hydrogen) atoms. The first-order valence-electron chi connectivity index (χ1n) is 12.1. The summed E-state index contributed by atoms with van der Waals surface area (Å²) in [5.41, 5.74) is 3.36. The van der Waals surface area contributed by atoms with E-state index in [2.05, 4.69) is 51.2 Å². The SMILES string of the molecule is CC.CCC.CCC1=CC(c2ccc(-c3ncccn3)cc2O)=NN=C(N2CCNCC2)C1. The summed E-state index contributed by atoms with van der Waals surface area (Å²) in [6, 6.07) is 7.20. The maximum atomic E-state index is 10.6. The third-order valence-corrected chi connectivity index (χ3v) is 5.03. The van der Waals surface area contributed by atoms with Gasteiger partial charge in [0.05, 0.1) is 5.71 Å². The van der Waals surface area contributed by atoms with Crippen LogP contribution in [0.4, 0.5) is 0 Å². The number of amidine groups is 1. The number of hydrogen-bond donors (Lipinski definition) is 2. The lowest BCUT2D eigenvalue weighted by atomic mass is 10.0. The molecule has 2 aliphatic heterocycles. The van der Waals surface area contributed by atoms with E-state index in [1.54, 1.807) is 24.5 Å². The Balaban J connectivity index is 0.000000714. The Morgan fingerprint density at radius 3 is 2.27 bits per heavy atom. The van der Waals surface area contributed by atoms with Gasteiger partial charge in [0.15, 0.2) is 5.82 Å². The average Bonchev–Trinajstić information content (AvgIpc) is 3.10. The molecular weight excluding hydrogens is 412 g/mol. The van der Waals surface area contributed by atoms with Crippen LogP contribution in [0.3, 0.4) is 0 Å². The largest absolute Gasteiger partial charge is 0.507 e. The topological polar surface area (TPSA) is 86.0 Å². The zero-order valence-electron chi connectivity index (χ0n) is 20.7. The molecule has 178 valence electrons. The lowest BCUT2D eigenvalue weighted by Crippen LogP contribution is -2.46. The molecule has 7 heteroatoms. The highest BCUT2D eigenvalue weighted by molar-refractivity contribution is 6.12. The van der Waals surface area contributed by atoms with Crippen molar-refractivity contribution >= 4 is 11.5 Å². The van der Waals surface area contributed by atoms with E-state index in [4.69, 9.17) is 0 Å². The summed E-state index contributed by atoms with van der Waals surface area (Å²) in [5.74, 6) is 1.73. The molecule has 0 saturated carbocycles. The average molecular weight is 451 g/mol. The van der Waals surface area contributed by atoms with Gasteiger partial charge in [0.2, 0.25) is 0 Å². The molecule has 3 heterocycles. The summed E-state index contributed by atoms with van der Waals surface area (Å²) in [7, 11) is 0. The number of nitrogens with one attached hydrogen (secondary N) is 1. The van der Waals surface area contributed by atoms with E-state index in [1.165, 1.54) is 12.0 Å². The molecule has 1 saturated heterocycles. The quantitative estimate of drug-likeness (QED) is 0.684. The fraction of sp³-hybridized carbons (Fsp3) is 0.462. The highest BCUT2D eigenvalue weighted by Gasteiger charge is 2.19. The van der Waals surface area contributed by atoms with E-state index in [1.807, 2.05) is 32.1 Å². The van der Waals surface area contributed by atoms with E-state index in [0.717, 1.165) is 50.4 Å². The standard InChI is InChI=1S/C21H24N6O.C3H8.C2H6/c1-2-15-12-18(25-26-20(13-15)27-10-8-22-9-11-27)17-5-4-16(14-19(17)28)21-23-6-3-7-24-21;1-3-2;1-2/h3-7,12,14,22,28H,2,8-11,13H2,1H3;3H2,1-2H3;1-2H3. The van der Waals surface area contributed by atoms with Gasteiger partial charge in [-0.25, -0.2) is 9.97 Å². The molecule has 4 rings (SSSR count). The van der Waals surface area contributed by atoms with Crippen LogP contribution in [0.25, 0.3) is 11.4 Å². The minimum atomic E-state index is 0.149. The number of phenols is 1. The van der Waals surface area contributed by atoms with Gasteiger partial charge >= 0.3 is 0 Å². The Morgan fingerprint density at radius 2 is 1.67 bits per heavy atom. The van der Waals surface area contributed by atoms with E-state index < -0.39 is 0 Å². The number of benzene rings is 1. The van der Waals surface area contributed by atoms with Crippen molar-refractivity contribution < 1.29 is 5.11 Å². The van der Waals surface area contributed by atoms with Crippen molar-refractivity contribution in [2.24, 2.45) is 10.2 Å². The van der Waals surface area contributed by atoms with Gasteiger partial charge in [-0.1, -0.05) is 52.7 Å². The molecule has 1 fully saturated rings. The molecule has 2 aliphatic rings. The van der Waals surface area contributed by atoms with Gasteiger partial charge in [0.25, 0.3) is 0 Å². The fourth-order valence-electron chi connectivity index (χ4n) is 3.42. The summed E-state index contributed by atoms with van der Waals surface area (Å²) in [5, 5.41) is 23.0. The monoisotopic (exact) mass is 450 g/mol. The number of aromatic hydroxyl groups is 1. The second-order valence-corrected chi connectivity index (χ2v) is 7.58. The van der Waals surface area contributed by atoms with Crippen LogP contribution in [-0.4, -0.2) is 57.7 Å². The maximum Gasteiger partial charge on any atom is 0.159 e. The number of rotatable bonds is 3. The normalized spacial score (nSPS) is 15.5. The molecule has 0 bridgehead atoms. The van der Waals surface area contributed by atoms with Gasteiger partial charge in [-0.2, -0.15) is 0 Å². The first-order valence-corrected chi connectivity index (χ1v) is 12.1. The molecule has 0 amide bonds. The van der Waals surface area contributed by atoms with Crippen molar-refractivity contribution in [3.05, 3.63) is 53.9 Å². The Morgan fingerprint density at radius 1 is 1.00 bits per heavy atom. The van der Waals surface area contributed by atoms with E-state index in [9.17, 15) is 5.11 Å². The lowest BCUT2D eigenvalue weighted by Gasteiger charge is -2.29. The summed E-state index contributed by atoms with van der Waals surface area (Å²) in [4.78, 5) is 10.8. The fourth-order valence-corrected chi connectivity index (χ4v) is 3.42. The van der Waals surface area contributed by atoms with Crippen molar-refractivity contribution in [2.45, 2.75) is 53.9 Å². The van der Waals surface area contributed by atoms with Crippen LogP contribution in [0.2, 0.25) is 0 Å². The van der Waals surface area contributed by atoms with Gasteiger partial charge in [0.1, 0.15) is 11.6 Å². The van der Waals surface area contributed by atoms with Crippen LogP contribution in [0.5, 0.6) is 5.75 Å². The van der Waals surface area contributed by atoms with Crippen LogP contribution in [0.15, 0.2) is 58.5 Å². The van der Waals surface area contributed by atoms with Gasteiger partial charge in [-0.05, 0) is 30.7 Å². The smallest absolute Gasteiger partial charge is 0.159 e. The number of hydrogen-bond acceptors (Lipinski definition) is 7. The first kappa shape index (κ1) is 26.2. The highest BCUT2D eigenvalue weighted by atomic mass is 16.3.